The van der Waals surface area contributed by atoms with Gasteiger partial charge in [0.2, 0.25) is 0 Å². The number of halogens is 3. The van der Waals surface area contributed by atoms with Crippen LogP contribution in [0.1, 0.15) is 30.1 Å². The van der Waals surface area contributed by atoms with Crippen molar-refractivity contribution in [2.45, 2.75) is 31.5 Å². The molecule has 0 amide bonds. The Labute approximate surface area is 196 Å². The van der Waals surface area contributed by atoms with Crippen LogP contribution in [0.4, 0.5) is 13.2 Å². The second kappa shape index (κ2) is 8.71. The van der Waals surface area contributed by atoms with Crippen LogP contribution in [0.2, 0.25) is 0 Å². The summed E-state index contributed by atoms with van der Waals surface area (Å²) >= 11 is 0. The van der Waals surface area contributed by atoms with Crippen LogP contribution in [0.3, 0.4) is 0 Å². The molecule has 1 N–H and O–H groups in total. The molecule has 3 aliphatic rings. The van der Waals surface area contributed by atoms with Crippen molar-refractivity contribution < 1.29 is 27.5 Å². The largest absolute Gasteiger partial charge is 0.497 e. The molecule has 0 unspecified atom stereocenters. The Morgan fingerprint density at radius 2 is 2.03 bits per heavy atom. The number of quaternary nitrogens is 1. The lowest BCUT2D eigenvalue weighted by Crippen LogP contribution is -2.67. The van der Waals surface area contributed by atoms with Crippen molar-refractivity contribution in [2.24, 2.45) is 11.8 Å². The van der Waals surface area contributed by atoms with E-state index in [-0.39, 0.29) is 24.1 Å². The van der Waals surface area contributed by atoms with E-state index >= 15 is 0 Å². The highest BCUT2D eigenvalue weighted by Crippen LogP contribution is 2.48. The minimum atomic E-state index is -1.45. The van der Waals surface area contributed by atoms with E-state index in [0.29, 0.717) is 22.7 Å². The minimum absolute atomic E-state index is 0.125. The average molecular weight is 470 g/mol. The van der Waals surface area contributed by atoms with Gasteiger partial charge in [-0.15, -0.1) is 6.58 Å². The lowest BCUT2D eigenvalue weighted by atomic mass is 9.71. The first-order valence-corrected chi connectivity index (χ1v) is 11.6. The van der Waals surface area contributed by atoms with E-state index in [0.717, 1.165) is 41.9 Å². The standard InChI is InChI=1S/C27H28F3N2O2/c1-3-16-14-32(15-18-4-6-22(28)26(30)25(18)29)11-9-17(16)12-24(32)27(33)20-8-10-31-23-7-5-19(34-2)13-21(20)23/h3-8,10,13,16-17,24,27,33H,1,9,11-12,14-15H2,2H3/q+1/t16-,17-,24+,27-,32-/m0/s1. The maximum absolute atomic E-state index is 14.7. The van der Waals surface area contributed by atoms with Gasteiger partial charge in [-0.2, -0.15) is 0 Å². The Balaban J connectivity index is 1.58. The molecule has 3 saturated heterocycles. The molecule has 1 aromatic heterocycles. The lowest BCUT2D eigenvalue weighted by Gasteiger charge is -2.58. The monoisotopic (exact) mass is 469 g/mol. The SMILES string of the molecule is C=C[C@H]1C[N@+]2(Cc3ccc(F)c(F)c3F)CC[C@H]1C[C@@H]2[C@@H](O)c1ccnc2ccc(OC)cc12. The quantitative estimate of drug-likeness (QED) is 0.302. The molecule has 0 saturated carbocycles. The maximum atomic E-state index is 14.7. The Bertz CT molecular complexity index is 1250. The molecule has 3 aromatic rings. The van der Waals surface area contributed by atoms with Crippen molar-refractivity contribution in [1.29, 1.82) is 0 Å². The highest BCUT2D eigenvalue weighted by molar-refractivity contribution is 5.83. The van der Waals surface area contributed by atoms with Gasteiger partial charge in [-0.05, 0) is 47.9 Å². The van der Waals surface area contributed by atoms with Crippen molar-refractivity contribution in [3.8, 4) is 5.75 Å². The van der Waals surface area contributed by atoms with Crippen molar-refractivity contribution in [1.82, 2.24) is 4.98 Å². The molecular formula is C27H28F3N2O2+. The molecule has 2 bridgehead atoms. The second-order valence-corrected chi connectivity index (χ2v) is 9.60. The van der Waals surface area contributed by atoms with Gasteiger partial charge in [0.05, 0.1) is 25.7 Å². The first kappa shape index (κ1) is 22.9. The fourth-order valence-electron chi connectivity index (χ4n) is 6.15. The zero-order valence-electron chi connectivity index (χ0n) is 19.1. The molecule has 5 atom stereocenters. The third kappa shape index (κ3) is 3.67. The predicted octanol–water partition coefficient (Wildman–Crippen LogP) is 5.31. The highest BCUT2D eigenvalue weighted by Gasteiger charge is 2.54. The summed E-state index contributed by atoms with van der Waals surface area (Å²) < 4.78 is 48.1. The summed E-state index contributed by atoms with van der Waals surface area (Å²) in [6.07, 6.45) is 4.41. The number of fused-ring (bicyclic) bond motifs is 4. The van der Waals surface area contributed by atoms with Gasteiger partial charge in [-0.25, -0.2) is 13.2 Å². The molecule has 178 valence electrons. The zero-order valence-corrected chi connectivity index (χ0v) is 19.1. The Hall–Kier alpha value is -2.90. The third-order valence-corrected chi connectivity index (χ3v) is 7.94. The number of nitrogens with zero attached hydrogens (tertiary/aromatic N) is 2. The Morgan fingerprint density at radius 3 is 2.79 bits per heavy atom. The van der Waals surface area contributed by atoms with Gasteiger partial charge in [0, 0.05) is 35.9 Å². The number of benzene rings is 2. The van der Waals surface area contributed by atoms with Gasteiger partial charge in [0.25, 0.3) is 0 Å². The van der Waals surface area contributed by atoms with E-state index in [1.807, 2.05) is 30.3 Å². The number of aliphatic hydroxyl groups excluding tert-OH is 1. The third-order valence-electron chi connectivity index (χ3n) is 7.94. The highest BCUT2D eigenvalue weighted by atomic mass is 19.2. The van der Waals surface area contributed by atoms with Crippen LogP contribution in [-0.4, -0.2) is 40.8 Å². The summed E-state index contributed by atoms with van der Waals surface area (Å²) in [5.41, 5.74) is 1.61. The number of ether oxygens (including phenoxy) is 1. The number of pyridine rings is 1. The molecule has 2 aromatic carbocycles. The van der Waals surface area contributed by atoms with Gasteiger partial charge >= 0.3 is 0 Å². The predicted molar refractivity (Wildman–Crippen MR) is 123 cm³/mol. The molecule has 0 spiro atoms. The number of aliphatic hydroxyl groups is 1. The van der Waals surface area contributed by atoms with Crippen molar-refractivity contribution in [3.63, 3.8) is 0 Å². The van der Waals surface area contributed by atoms with Crippen molar-refractivity contribution in [2.75, 3.05) is 20.2 Å². The molecule has 3 aliphatic heterocycles. The number of hydrogen-bond donors (Lipinski definition) is 1. The van der Waals surface area contributed by atoms with E-state index < -0.39 is 23.6 Å². The van der Waals surface area contributed by atoms with Crippen LogP contribution in [0.5, 0.6) is 5.75 Å². The topological polar surface area (TPSA) is 42.4 Å². The van der Waals surface area contributed by atoms with Crippen LogP contribution in [0.25, 0.3) is 10.9 Å². The molecular weight excluding hydrogens is 441 g/mol. The average Bonchev–Trinajstić information content (AvgIpc) is 2.88. The van der Waals surface area contributed by atoms with Crippen LogP contribution in [0.15, 0.2) is 55.3 Å². The van der Waals surface area contributed by atoms with E-state index in [9.17, 15) is 18.3 Å². The fourth-order valence-corrected chi connectivity index (χ4v) is 6.15. The molecule has 3 fully saturated rings. The zero-order chi connectivity index (χ0) is 24.0. The number of rotatable bonds is 6. The normalized spacial score (nSPS) is 27.0. The van der Waals surface area contributed by atoms with Crippen LogP contribution in [-0.2, 0) is 6.54 Å². The molecule has 4 heterocycles. The van der Waals surface area contributed by atoms with Crippen molar-refractivity contribution in [3.05, 3.63) is 83.8 Å². The van der Waals surface area contributed by atoms with Crippen LogP contribution < -0.4 is 4.74 Å². The summed E-state index contributed by atoms with van der Waals surface area (Å²) in [5.74, 6) is -2.54. The van der Waals surface area contributed by atoms with Gasteiger partial charge < -0.3 is 14.3 Å². The molecule has 6 rings (SSSR count). The molecule has 0 aliphatic carbocycles. The number of aromatic nitrogens is 1. The molecule has 4 nitrogen and oxygen atoms in total. The molecule has 7 heteroatoms. The Morgan fingerprint density at radius 1 is 1.21 bits per heavy atom. The lowest BCUT2D eigenvalue weighted by molar-refractivity contribution is -0.985. The van der Waals surface area contributed by atoms with Crippen LogP contribution in [0, 0.1) is 29.3 Å². The van der Waals surface area contributed by atoms with Gasteiger partial charge in [0.15, 0.2) is 17.5 Å². The maximum Gasteiger partial charge on any atom is 0.194 e. The molecule has 34 heavy (non-hydrogen) atoms. The van der Waals surface area contributed by atoms with Crippen molar-refractivity contribution >= 4 is 10.9 Å². The van der Waals surface area contributed by atoms with Gasteiger partial charge in [-0.3, -0.25) is 4.98 Å². The van der Waals surface area contributed by atoms with Gasteiger partial charge in [-0.1, -0.05) is 6.08 Å². The summed E-state index contributed by atoms with van der Waals surface area (Å²) in [4.78, 5) is 4.42. The summed E-state index contributed by atoms with van der Waals surface area (Å²) in [5, 5.41) is 12.6. The number of hydrogen-bond acceptors (Lipinski definition) is 3. The Kier molecular flexibility index (Phi) is 5.86. The summed E-state index contributed by atoms with van der Waals surface area (Å²) in [7, 11) is 1.59. The van der Waals surface area contributed by atoms with Crippen LogP contribution >= 0.6 is 0 Å². The summed E-state index contributed by atoms with van der Waals surface area (Å²) in [6, 6.07) is 9.42. The number of methoxy groups -OCH3 is 1. The first-order chi connectivity index (χ1) is 16.4. The van der Waals surface area contributed by atoms with Gasteiger partial charge in [0.1, 0.15) is 24.4 Å². The number of piperidine rings is 3. The summed E-state index contributed by atoms with van der Waals surface area (Å²) in [6.45, 7) is 5.56. The molecule has 0 radical (unpaired) electrons. The smallest absolute Gasteiger partial charge is 0.194 e. The second-order valence-electron chi connectivity index (χ2n) is 9.60. The van der Waals surface area contributed by atoms with E-state index in [2.05, 4.69) is 11.6 Å². The minimum Gasteiger partial charge on any atom is -0.497 e. The first-order valence-electron chi connectivity index (χ1n) is 11.6. The fraction of sp³-hybridized carbons (Fsp3) is 0.370. The van der Waals surface area contributed by atoms with E-state index in [1.165, 1.54) is 6.07 Å². The van der Waals surface area contributed by atoms with E-state index in [4.69, 9.17) is 4.74 Å². The van der Waals surface area contributed by atoms with E-state index in [1.54, 1.807) is 13.3 Å².